The maximum atomic E-state index is 13.4. The number of thiophene rings is 1. The summed E-state index contributed by atoms with van der Waals surface area (Å²) in [5.41, 5.74) is 7.97. The largest absolute Gasteiger partial charge is 0.345 e. The molecule has 3 N–H and O–H groups in total. The molecule has 1 amide bonds. The number of pyridine rings is 1. The highest BCUT2D eigenvalue weighted by Crippen LogP contribution is 2.27. The summed E-state index contributed by atoms with van der Waals surface area (Å²) in [6.07, 6.45) is 0. The number of nitrogens with one attached hydrogen (secondary N) is 3. The summed E-state index contributed by atoms with van der Waals surface area (Å²) in [4.78, 5) is 18.8. The van der Waals surface area contributed by atoms with Crippen LogP contribution in [0.15, 0.2) is 42.5 Å². The van der Waals surface area contributed by atoms with Crippen molar-refractivity contribution < 1.29 is 9.18 Å². The number of fused-ring (bicyclic) bond motifs is 1. The lowest BCUT2D eigenvalue weighted by Gasteiger charge is -2.13. The van der Waals surface area contributed by atoms with E-state index in [1.165, 1.54) is 23.5 Å². The van der Waals surface area contributed by atoms with E-state index >= 15 is 0 Å². The summed E-state index contributed by atoms with van der Waals surface area (Å²) >= 11 is 1.38. The highest BCUT2D eigenvalue weighted by Gasteiger charge is 2.19. The molecule has 0 saturated carbocycles. The maximum absolute atomic E-state index is 13.4. The quantitative estimate of drug-likeness (QED) is 0.660. The van der Waals surface area contributed by atoms with Crippen molar-refractivity contribution in [3.8, 4) is 0 Å². The van der Waals surface area contributed by atoms with E-state index in [1.807, 2.05) is 25.1 Å². The van der Waals surface area contributed by atoms with Crippen molar-refractivity contribution in [1.82, 2.24) is 21.2 Å². The third-order valence-electron chi connectivity index (χ3n) is 4.56. The lowest BCUT2D eigenvalue weighted by molar-refractivity contribution is 0.0944. The summed E-state index contributed by atoms with van der Waals surface area (Å²) in [6.45, 7) is 3.54. The van der Waals surface area contributed by atoms with Crippen LogP contribution in [-0.2, 0) is 0 Å². The van der Waals surface area contributed by atoms with Crippen LogP contribution < -0.4 is 16.2 Å². The number of amides is 1. The molecule has 0 spiro atoms. The molecular weight excluding hydrogens is 351 g/mol. The Hall–Kier alpha value is -2.35. The van der Waals surface area contributed by atoms with E-state index < -0.39 is 0 Å². The number of nitrogens with zero attached hydrogens (tertiary/aromatic N) is 1. The second-order valence-electron chi connectivity index (χ2n) is 6.45. The van der Waals surface area contributed by atoms with Crippen LogP contribution in [0.2, 0.25) is 0 Å². The Bertz CT molecular complexity index is 952. The van der Waals surface area contributed by atoms with E-state index in [4.69, 9.17) is 4.98 Å². The number of hydrogen-bond acceptors (Lipinski definition) is 5. The smallest absolute Gasteiger partial charge is 0.261 e. The van der Waals surface area contributed by atoms with Gasteiger partial charge in [-0.2, -0.15) is 0 Å². The Morgan fingerprint density at radius 1 is 1.27 bits per heavy atom. The van der Waals surface area contributed by atoms with Gasteiger partial charge in [-0.15, -0.1) is 11.3 Å². The zero-order chi connectivity index (χ0) is 18.1. The first kappa shape index (κ1) is 17.1. The number of hydrazine groups is 1. The summed E-state index contributed by atoms with van der Waals surface area (Å²) in [6, 6.07) is 11.9. The van der Waals surface area contributed by atoms with E-state index in [0.717, 1.165) is 34.6 Å². The number of benzene rings is 1. The zero-order valence-electron chi connectivity index (χ0n) is 14.3. The normalized spacial score (nSPS) is 16.1. The molecule has 0 unspecified atom stereocenters. The van der Waals surface area contributed by atoms with Gasteiger partial charge in [0, 0.05) is 30.1 Å². The van der Waals surface area contributed by atoms with Gasteiger partial charge in [-0.25, -0.2) is 9.37 Å². The summed E-state index contributed by atoms with van der Waals surface area (Å²) < 4.78 is 13.4. The molecule has 1 aliphatic heterocycles. The predicted molar refractivity (Wildman–Crippen MR) is 101 cm³/mol. The molecule has 0 bridgehead atoms. The van der Waals surface area contributed by atoms with Gasteiger partial charge in [0.05, 0.1) is 10.9 Å². The fourth-order valence-corrected chi connectivity index (χ4v) is 4.01. The molecule has 1 aromatic carbocycles. The Kier molecular flexibility index (Phi) is 4.67. The molecule has 0 radical (unpaired) electrons. The Balaban J connectivity index is 1.53. The van der Waals surface area contributed by atoms with Crippen molar-refractivity contribution >= 4 is 27.5 Å². The second-order valence-corrected chi connectivity index (χ2v) is 7.48. The van der Waals surface area contributed by atoms with Gasteiger partial charge in [0.1, 0.15) is 10.6 Å². The molecule has 1 atom stereocenters. The second kappa shape index (κ2) is 7.11. The first-order valence-electron chi connectivity index (χ1n) is 8.52. The van der Waals surface area contributed by atoms with E-state index in [-0.39, 0.29) is 17.8 Å². The van der Waals surface area contributed by atoms with Crippen molar-refractivity contribution in [3.05, 3.63) is 64.4 Å². The fraction of sp³-hybridized carbons (Fsp3) is 0.263. The van der Waals surface area contributed by atoms with Crippen molar-refractivity contribution in [2.75, 3.05) is 13.1 Å². The topological polar surface area (TPSA) is 66.1 Å². The van der Waals surface area contributed by atoms with Crippen molar-refractivity contribution in [2.45, 2.75) is 18.9 Å². The third kappa shape index (κ3) is 3.46. The van der Waals surface area contributed by atoms with E-state index in [9.17, 15) is 9.18 Å². The molecule has 2 aromatic heterocycles. The molecule has 1 aliphatic rings. The van der Waals surface area contributed by atoms with Crippen molar-refractivity contribution in [1.29, 1.82) is 0 Å². The van der Waals surface area contributed by atoms with Gasteiger partial charge in [-0.05, 0) is 36.8 Å². The first-order chi connectivity index (χ1) is 12.6. The van der Waals surface area contributed by atoms with Gasteiger partial charge in [0.25, 0.3) is 5.91 Å². The number of carbonyl (C=O) groups is 1. The van der Waals surface area contributed by atoms with Crippen LogP contribution in [0.4, 0.5) is 4.39 Å². The minimum absolute atomic E-state index is 0.171. The van der Waals surface area contributed by atoms with Crippen LogP contribution in [0.1, 0.15) is 39.8 Å². The predicted octanol–water partition coefficient (Wildman–Crippen LogP) is 3.12. The summed E-state index contributed by atoms with van der Waals surface area (Å²) in [7, 11) is 0. The summed E-state index contributed by atoms with van der Waals surface area (Å²) in [5.74, 6) is -0.139. The standard InChI is InChI=1S/C19H19FN4OS/c1-11(12-3-2-4-15(20)7-12)23-18(25)17-8-13-5-6-16(24-19(13)26-17)14-9-21-22-10-14/h2-8,11,14,21-22H,9-10H2,1H3,(H,23,25)/t11-/m1/s1. The molecule has 1 saturated heterocycles. The van der Waals surface area contributed by atoms with Crippen LogP contribution in [0.25, 0.3) is 10.2 Å². The first-order valence-corrected chi connectivity index (χ1v) is 9.34. The third-order valence-corrected chi connectivity index (χ3v) is 5.61. The number of rotatable bonds is 4. The molecule has 0 aliphatic carbocycles. The van der Waals surface area contributed by atoms with Crippen LogP contribution in [0.5, 0.6) is 0 Å². The van der Waals surface area contributed by atoms with E-state index in [2.05, 4.69) is 16.2 Å². The average Bonchev–Trinajstić information content (AvgIpc) is 3.30. The maximum Gasteiger partial charge on any atom is 0.261 e. The van der Waals surface area contributed by atoms with E-state index in [0.29, 0.717) is 10.8 Å². The van der Waals surface area contributed by atoms with Gasteiger partial charge >= 0.3 is 0 Å². The monoisotopic (exact) mass is 370 g/mol. The molecule has 1 fully saturated rings. The van der Waals surface area contributed by atoms with Gasteiger partial charge in [-0.3, -0.25) is 15.6 Å². The van der Waals surface area contributed by atoms with Crippen molar-refractivity contribution in [2.24, 2.45) is 0 Å². The molecule has 7 heteroatoms. The molecule has 26 heavy (non-hydrogen) atoms. The molecule has 4 rings (SSSR count). The molecule has 134 valence electrons. The van der Waals surface area contributed by atoms with Crippen LogP contribution in [0, 0.1) is 5.82 Å². The summed E-state index contributed by atoms with van der Waals surface area (Å²) in [5, 5.41) is 3.89. The van der Waals surface area contributed by atoms with Gasteiger partial charge in [0.15, 0.2) is 0 Å². The zero-order valence-corrected chi connectivity index (χ0v) is 15.1. The number of hydrogen-bond donors (Lipinski definition) is 3. The van der Waals surface area contributed by atoms with Crippen LogP contribution in [0.3, 0.4) is 0 Å². The van der Waals surface area contributed by atoms with Crippen LogP contribution >= 0.6 is 11.3 Å². The lowest BCUT2D eigenvalue weighted by Crippen LogP contribution is -2.25. The number of aromatic nitrogens is 1. The SMILES string of the molecule is C[C@@H](NC(=O)c1cc2ccc(C3CNNC3)nc2s1)c1cccc(F)c1. The Morgan fingerprint density at radius 2 is 2.08 bits per heavy atom. The number of halogens is 1. The van der Waals surface area contributed by atoms with Gasteiger partial charge in [-0.1, -0.05) is 18.2 Å². The highest BCUT2D eigenvalue weighted by molar-refractivity contribution is 7.20. The van der Waals surface area contributed by atoms with Crippen molar-refractivity contribution in [3.63, 3.8) is 0 Å². The minimum atomic E-state index is -0.307. The molecular formula is C19H19FN4OS. The molecule has 5 nitrogen and oxygen atoms in total. The van der Waals surface area contributed by atoms with Gasteiger partial charge in [0.2, 0.25) is 0 Å². The fourth-order valence-electron chi connectivity index (χ4n) is 3.07. The molecule has 3 aromatic rings. The van der Waals surface area contributed by atoms with Crippen LogP contribution in [-0.4, -0.2) is 24.0 Å². The van der Waals surface area contributed by atoms with Gasteiger partial charge < -0.3 is 5.32 Å². The lowest BCUT2D eigenvalue weighted by atomic mass is 10.1. The Labute approximate surface area is 154 Å². The van der Waals surface area contributed by atoms with E-state index in [1.54, 1.807) is 12.1 Å². The highest BCUT2D eigenvalue weighted by atomic mass is 32.1. The minimum Gasteiger partial charge on any atom is -0.345 e. The Morgan fingerprint density at radius 3 is 2.85 bits per heavy atom. The average molecular weight is 370 g/mol. The number of carbonyl (C=O) groups excluding carboxylic acids is 1. The molecule has 3 heterocycles.